The maximum Gasteiger partial charge on any atom is 0.417 e. The zero-order valence-electron chi connectivity index (χ0n) is 14.4. The molecule has 5 nitrogen and oxygen atoms in total. The molecule has 0 unspecified atom stereocenters. The minimum absolute atomic E-state index is 0.0279. The van der Waals surface area contributed by atoms with Crippen molar-refractivity contribution in [2.24, 2.45) is 0 Å². The highest BCUT2D eigenvalue weighted by Gasteiger charge is 2.57. The van der Waals surface area contributed by atoms with Crippen molar-refractivity contribution in [3.8, 4) is 10.4 Å². The standard InChI is InChI=1S/C18H16ClF3O5S/c1-7-14(23)15(24)16(25)17(27-7)11-4-10(12(19)2-8(11)5-26-17)13-3-9(6-28-13)18(20,21)22/h2-4,6-7,14-16,23-25H,5H2,1H3/t7-,14-,15+,16-,17+/m1/s1. The van der Waals surface area contributed by atoms with Crippen LogP contribution in [0.15, 0.2) is 23.6 Å². The fourth-order valence-corrected chi connectivity index (χ4v) is 4.87. The smallest absolute Gasteiger partial charge is 0.388 e. The van der Waals surface area contributed by atoms with E-state index in [9.17, 15) is 28.5 Å². The van der Waals surface area contributed by atoms with Crippen molar-refractivity contribution in [2.45, 2.75) is 49.9 Å². The number of thiophene rings is 1. The van der Waals surface area contributed by atoms with E-state index >= 15 is 0 Å². The quantitative estimate of drug-likeness (QED) is 0.639. The van der Waals surface area contributed by atoms with E-state index in [1.807, 2.05) is 0 Å². The fraction of sp³-hybridized carbons (Fsp3) is 0.444. The number of ether oxygens (including phenoxy) is 2. The predicted molar refractivity (Wildman–Crippen MR) is 94.8 cm³/mol. The Hall–Kier alpha value is -1.20. The van der Waals surface area contributed by atoms with E-state index in [4.69, 9.17) is 21.1 Å². The average Bonchev–Trinajstić information content (AvgIpc) is 3.24. The molecule has 10 heteroatoms. The van der Waals surface area contributed by atoms with E-state index in [-0.39, 0.29) is 11.6 Å². The zero-order valence-corrected chi connectivity index (χ0v) is 16.0. The number of aliphatic hydroxyl groups excluding tert-OH is 3. The van der Waals surface area contributed by atoms with Crippen LogP contribution in [0.4, 0.5) is 13.2 Å². The Balaban J connectivity index is 1.81. The molecular weight excluding hydrogens is 421 g/mol. The fourth-order valence-electron chi connectivity index (χ4n) is 3.58. The number of fused-ring (bicyclic) bond motifs is 2. The molecule has 3 N–H and O–H groups in total. The summed E-state index contributed by atoms with van der Waals surface area (Å²) < 4.78 is 50.3. The van der Waals surface area contributed by atoms with Gasteiger partial charge in [-0.2, -0.15) is 13.2 Å². The number of benzene rings is 1. The van der Waals surface area contributed by atoms with Gasteiger partial charge in [-0.1, -0.05) is 11.6 Å². The third-order valence-corrected chi connectivity index (χ3v) is 6.38. The van der Waals surface area contributed by atoms with Gasteiger partial charge in [-0.3, -0.25) is 0 Å². The number of hydrogen-bond donors (Lipinski definition) is 3. The minimum Gasteiger partial charge on any atom is -0.388 e. The highest BCUT2D eigenvalue weighted by Crippen LogP contribution is 2.49. The van der Waals surface area contributed by atoms with Gasteiger partial charge in [0.2, 0.25) is 5.79 Å². The third-order valence-electron chi connectivity index (χ3n) is 5.11. The van der Waals surface area contributed by atoms with Crippen LogP contribution in [0.5, 0.6) is 0 Å². The van der Waals surface area contributed by atoms with Crippen molar-refractivity contribution < 1.29 is 38.0 Å². The Morgan fingerprint density at radius 1 is 1.18 bits per heavy atom. The van der Waals surface area contributed by atoms with E-state index in [1.54, 1.807) is 6.07 Å². The maximum atomic E-state index is 12.9. The summed E-state index contributed by atoms with van der Waals surface area (Å²) in [6, 6.07) is 4.06. The summed E-state index contributed by atoms with van der Waals surface area (Å²) in [6.45, 7) is 1.55. The van der Waals surface area contributed by atoms with Crippen molar-refractivity contribution in [3.63, 3.8) is 0 Å². The summed E-state index contributed by atoms with van der Waals surface area (Å²) in [4.78, 5) is 0.293. The molecule has 1 aromatic carbocycles. The van der Waals surface area contributed by atoms with Crippen molar-refractivity contribution in [1.29, 1.82) is 0 Å². The molecule has 28 heavy (non-hydrogen) atoms. The third kappa shape index (κ3) is 2.97. The van der Waals surface area contributed by atoms with Crippen LogP contribution in [0.25, 0.3) is 10.4 Å². The number of alkyl halides is 3. The van der Waals surface area contributed by atoms with Crippen LogP contribution in [0.2, 0.25) is 5.02 Å². The summed E-state index contributed by atoms with van der Waals surface area (Å²) in [5.74, 6) is -1.74. The monoisotopic (exact) mass is 436 g/mol. The SMILES string of the molecule is C[C@H]1O[C@]2(OCc3cc(Cl)c(-c4cc(C(F)(F)F)cs4)cc32)[C@H](O)[C@@H](O)[C@@H]1O. The molecule has 0 bridgehead atoms. The van der Waals surface area contributed by atoms with E-state index in [0.717, 1.165) is 22.8 Å². The number of rotatable bonds is 1. The minimum atomic E-state index is -4.47. The maximum absolute atomic E-state index is 12.9. The Morgan fingerprint density at radius 3 is 2.54 bits per heavy atom. The lowest BCUT2D eigenvalue weighted by atomic mass is 9.87. The highest BCUT2D eigenvalue weighted by molar-refractivity contribution is 7.13. The molecule has 1 fully saturated rings. The summed E-state index contributed by atoms with van der Waals surface area (Å²) in [5.41, 5.74) is 0.487. The normalized spacial score (nSPS) is 32.7. The molecule has 1 saturated heterocycles. The van der Waals surface area contributed by atoms with Gasteiger partial charge in [0.25, 0.3) is 0 Å². The van der Waals surface area contributed by atoms with Gasteiger partial charge in [0, 0.05) is 26.4 Å². The van der Waals surface area contributed by atoms with Gasteiger partial charge in [-0.15, -0.1) is 11.3 Å². The van der Waals surface area contributed by atoms with Crippen molar-refractivity contribution >= 4 is 22.9 Å². The van der Waals surface area contributed by atoms with Crippen LogP contribution in [0.3, 0.4) is 0 Å². The predicted octanol–water partition coefficient (Wildman–Crippen LogP) is 3.27. The van der Waals surface area contributed by atoms with Crippen LogP contribution in [0.1, 0.15) is 23.6 Å². The summed E-state index contributed by atoms with van der Waals surface area (Å²) in [6.07, 6.45) is -9.75. The lowest BCUT2D eigenvalue weighted by molar-refractivity contribution is -0.362. The van der Waals surface area contributed by atoms with Crippen LogP contribution in [0, 0.1) is 0 Å². The van der Waals surface area contributed by atoms with Gasteiger partial charge in [-0.05, 0) is 30.7 Å². The molecule has 1 aromatic heterocycles. The van der Waals surface area contributed by atoms with Gasteiger partial charge >= 0.3 is 6.18 Å². The van der Waals surface area contributed by atoms with Crippen LogP contribution >= 0.6 is 22.9 Å². The van der Waals surface area contributed by atoms with E-state index in [2.05, 4.69) is 0 Å². The zero-order chi connectivity index (χ0) is 20.4. The van der Waals surface area contributed by atoms with Gasteiger partial charge in [-0.25, -0.2) is 0 Å². The van der Waals surface area contributed by atoms with Crippen LogP contribution in [-0.4, -0.2) is 39.7 Å². The molecule has 1 spiro atoms. The number of hydrogen-bond acceptors (Lipinski definition) is 6. The van der Waals surface area contributed by atoms with Crippen molar-refractivity contribution in [2.75, 3.05) is 0 Å². The number of aliphatic hydroxyl groups is 3. The molecule has 152 valence electrons. The first-order valence-electron chi connectivity index (χ1n) is 8.39. The molecule has 0 saturated carbocycles. The Kier molecular flexibility index (Phi) is 4.78. The van der Waals surface area contributed by atoms with Crippen LogP contribution < -0.4 is 0 Å². The summed E-state index contributed by atoms with van der Waals surface area (Å²) in [7, 11) is 0. The van der Waals surface area contributed by atoms with Crippen LogP contribution in [-0.2, 0) is 28.0 Å². The lowest BCUT2D eigenvalue weighted by Gasteiger charge is -2.45. The van der Waals surface area contributed by atoms with Crippen molar-refractivity contribution in [3.05, 3.63) is 45.3 Å². The van der Waals surface area contributed by atoms with Crippen molar-refractivity contribution in [1.82, 2.24) is 0 Å². The molecule has 0 amide bonds. The Labute approximate surface area is 166 Å². The lowest BCUT2D eigenvalue weighted by Crippen LogP contribution is -2.61. The molecule has 3 heterocycles. The van der Waals surface area contributed by atoms with Gasteiger partial charge in [0.1, 0.15) is 18.3 Å². The molecular formula is C18H16ClF3O5S. The topological polar surface area (TPSA) is 79.2 Å². The summed E-state index contributed by atoms with van der Waals surface area (Å²) >= 11 is 7.18. The Morgan fingerprint density at radius 2 is 1.89 bits per heavy atom. The summed E-state index contributed by atoms with van der Waals surface area (Å²) in [5, 5.41) is 31.9. The van der Waals surface area contributed by atoms with Gasteiger partial charge < -0.3 is 24.8 Å². The largest absolute Gasteiger partial charge is 0.417 e. The molecule has 0 radical (unpaired) electrons. The van der Waals surface area contributed by atoms with Gasteiger partial charge in [0.15, 0.2) is 0 Å². The van der Waals surface area contributed by atoms with E-state index < -0.39 is 41.9 Å². The first-order chi connectivity index (χ1) is 13.0. The van der Waals surface area contributed by atoms with E-state index in [1.165, 1.54) is 13.0 Å². The second kappa shape index (κ2) is 6.66. The van der Waals surface area contributed by atoms with E-state index in [0.29, 0.717) is 21.6 Å². The second-order valence-electron chi connectivity index (χ2n) is 6.89. The molecule has 4 rings (SSSR count). The molecule has 2 aromatic rings. The Bertz CT molecular complexity index is 917. The first kappa shape index (κ1) is 20.1. The molecule has 5 atom stereocenters. The van der Waals surface area contributed by atoms with Gasteiger partial charge in [0.05, 0.1) is 18.3 Å². The second-order valence-corrected chi connectivity index (χ2v) is 8.21. The highest BCUT2D eigenvalue weighted by atomic mass is 35.5. The average molecular weight is 437 g/mol. The molecule has 2 aliphatic heterocycles. The molecule has 2 aliphatic rings. The molecule has 0 aliphatic carbocycles. The first-order valence-corrected chi connectivity index (χ1v) is 9.65. The number of halogens is 4.